The van der Waals surface area contributed by atoms with Crippen molar-refractivity contribution in [2.75, 3.05) is 14.1 Å². The highest BCUT2D eigenvalue weighted by Gasteiger charge is 2.13. The number of carbonyl (C=O) groups is 1. The molecule has 0 aliphatic carbocycles. The monoisotopic (exact) mass is 280 g/mol. The Morgan fingerprint density at radius 2 is 1.90 bits per heavy atom. The summed E-state index contributed by atoms with van der Waals surface area (Å²) in [5, 5.41) is 4.45. The van der Waals surface area contributed by atoms with Gasteiger partial charge in [0.25, 0.3) is 5.91 Å². The molecule has 0 N–H and O–H groups in total. The molecule has 106 valence electrons. The van der Waals surface area contributed by atoms with E-state index in [0.717, 1.165) is 22.5 Å². The molecule has 0 aliphatic rings. The Bertz CT molecular complexity index is 803. The second-order valence-electron chi connectivity index (χ2n) is 5.13. The molecule has 3 aromatic rings. The van der Waals surface area contributed by atoms with Crippen LogP contribution in [0.15, 0.2) is 42.7 Å². The van der Waals surface area contributed by atoms with Crippen molar-refractivity contribution in [1.82, 2.24) is 19.5 Å². The first-order valence-electron chi connectivity index (χ1n) is 6.70. The Morgan fingerprint density at radius 3 is 2.57 bits per heavy atom. The van der Waals surface area contributed by atoms with Gasteiger partial charge in [-0.25, -0.2) is 9.50 Å². The molecule has 0 unspecified atom stereocenters. The van der Waals surface area contributed by atoms with Crippen molar-refractivity contribution < 1.29 is 4.79 Å². The third-order valence-electron chi connectivity index (χ3n) is 3.40. The summed E-state index contributed by atoms with van der Waals surface area (Å²) in [7, 11) is 3.49. The molecule has 0 saturated carbocycles. The molecule has 0 fully saturated rings. The van der Waals surface area contributed by atoms with E-state index >= 15 is 0 Å². The summed E-state index contributed by atoms with van der Waals surface area (Å²) in [6.45, 7) is 1.96. The van der Waals surface area contributed by atoms with Crippen LogP contribution in [0, 0.1) is 6.92 Å². The van der Waals surface area contributed by atoms with Crippen LogP contribution >= 0.6 is 0 Å². The third kappa shape index (κ3) is 2.27. The molecule has 2 aromatic heterocycles. The summed E-state index contributed by atoms with van der Waals surface area (Å²) >= 11 is 0. The fourth-order valence-corrected chi connectivity index (χ4v) is 2.37. The van der Waals surface area contributed by atoms with E-state index in [-0.39, 0.29) is 5.91 Å². The van der Waals surface area contributed by atoms with Gasteiger partial charge >= 0.3 is 0 Å². The Labute approximate surface area is 122 Å². The van der Waals surface area contributed by atoms with Crippen molar-refractivity contribution in [2.45, 2.75) is 6.92 Å². The predicted molar refractivity (Wildman–Crippen MR) is 81.2 cm³/mol. The molecular formula is C16H16N4O. The van der Waals surface area contributed by atoms with E-state index in [2.05, 4.69) is 10.1 Å². The van der Waals surface area contributed by atoms with E-state index in [0.29, 0.717) is 5.56 Å². The molecule has 0 atom stereocenters. The molecular weight excluding hydrogens is 264 g/mol. The molecule has 5 nitrogen and oxygen atoms in total. The Morgan fingerprint density at radius 1 is 1.19 bits per heavy atom. The Balaban J connectivity index is 2.07. The second-order valence-corrected chi connectivity index (χ2v) is 5.13. The van der Waals surface area contributed by atoms with Crippen LogP contribution in [0.3, 0.4) is 0 Å². The fourth-order valence-electron chi connectivity index (χ4n) is 2.37. The average molecular weight is 280 g/mol. The summed E-state index contributed by atoms with van der Waals surface area (Å²) in [5.41, 5.74) is 4.42. The largest absolute Gasteiger partial charge is 0.345 e. The number of aryl methyl sites for hydroxylation is 1. The second kappa shape index (κ2) is 5.01. The lowest BCUT2D eigenvalue weighted by Gasteiger charge is -2.10. The van der Waals surface area contributed by atoms with Gasteiger partial charge in [0.05, 0.1) is 5.69 Å². The summed E-state index contributed by atoms with van der Waals surface area (Å²) in [6.07, 6.45) is 3.63. The molecule has 21 heavy (non-hydrogen) atoms. The number of hydrogen-bond acceptors (Lipinski definition) is 3. The molecule has 0 saturated heterocycles. The van der Waals surface area contributed by atoms with Gasteiger partial charge in [0.2, 0.25) is 0 Å². The van der Waals surface area contributed by atoms with E-state index < -0.39 is 0 Å². The first-order valence-corrected chi connectivity index (χ1v) is 6.70. The number of hydrogen-bond donors (Lipinski definition) is 0. The van der Waals surface area contributed by atoms with E-state index in [1.165, 1.54) is 0 Å². The van der Waals surface area contributed by atoms with Crippen molar-refractivity contribution >= 4 is 11.6 Å². The van der Waals surface area contributed by atoms with E-state index in [4.69, 9.17) is 0 Å². The maximum absolute atomic E-state index is 11.9. The Kier molecular flexibility index (Phi) is 3.17. The molecule has 2 heterocycles. The molecule has 1 aromatic carbocycles. The number of aromatic nitrogens is 3. The van der Waals surface area contributed by atoms with Crippen molar-refractivity contribution in [1.29, 1.82) is 0 Å². The average Bonchev–Trinajstić information content (AvgIpc) is 2.82. The lowest BCUT2D eigenvalue weighted by atomic mass is 10.0. The smallest absolute Gasteiger partial charge is 0.253 e. The van der Waals surface area contributed by atoms with Gasteiger partial charge in [-0.3, -0.25) is 4.79 Å². The molecule has 0 bridgehead atoms. The molecule has 0 radical (unpaired) electrons. The molecule has 1 amide bonds. The zero-order valence-electron chi connectivity index (χ0n) is 12.2. The third-order valence-corrected chi connectivity index (χ3v) is 3.40. The minimum Gasteiger partial charge on any atom is -0.345 e. The van der Waals surface area contributed by atoms with Crippen molar-refractivity contribution in [3.8, 4) is 11.1 Å². The van der Waals surface area contributed by atoms with Crippen LogP contribution < -0.4 is 0 Å². The van der Waals surface area contributed by atoms with Crippen LogP contribution in [-0.4, -0.2) is 39.5 Å². The molecule has 3 rings (SSSR count). The maximum Gasteiger partial charge on any atom is 0.253 e. The number of fused-ring (bicyclic) bond motifs is 1. The van der Waals surface area contributed by atoms with Crippen LogP contribution in [0.4, 0.5) is 0 Å². The Hall–Kier alpha value is -2.69. The van der Waals surface area contributed by atoms with Gasteiger partial charge in [-0.15, -0.1) is 0 Å². The maximum atomic E-state index is 11.9. The van der Waals surface area contributed by atoms with Crippen LogP contribution in [0.5, 0.6) is 0 Å². The van der Waals surface area contributed by atoms with Crippen LogP contribution in [0.2, 0.25) is 0 Å². The highest BCUT2D eigenvalue weighted by atomic mass is 16.2. The normalized spacial score (nSPS) is 10.8. The minimum atomic E-state index is -0.00346. The van der Waals surface area contributed by atoms with E-state index in [9.17, 15) is 4.79 Å². The van der Waals surface area contributed by atoms with E-state index in [1.807, 2.05) is 43.5 Å². The highest BCUT2D eigenvalue weighted by Crippen LogP contribution is 2.27. The van der Waals surface area contributed by atoms with Gasteiger partial charge in [0, 0.05) is 37.6 Å². The van der Waals surface area contributed by atoms with Gasteiger partial charge < -0.3 is 4.90 Å². The lowest BCUT2D eigenvalue weighted by molar-refractivity contribution is 0.0827. The lowest BCUT2D eigenvalue weighted by Crippen LogP contribution is -2.21. The first-order chi connectivity index (χ1) is 10.1. The SMILES string of the molecule is Cc1nn2cccnc2c1-c1ccc(C(=O)N(C)C)cc1. The van der Waals surface area contributed by atoms with Gasteiger partial charge in [-0.1, -0.05) is 12.1 Å². The fraction of sp³-hybridized carbons (Fsp3) is 0.188. The first kappa shape index (κ1) is 13.3. The van der Waals surface area contributed by atoms with E-state index in [1.54, 1.807) is 29.7 Å². The highest BCUT2D eigenvalue weighted by molar-refractivity contribution is 5.94. The van der Waals surface area contributed by atoms with Crippen LogP contribution in [-0.2, 0) is 0 Å². The van der Waals surface area contributed by atoms with Gasteiger partial charge in [0.15, 0.2) is 5.65 Å². The van der Waals surface area contributed by atoms with Crippen molar-refractivity contribution in [2.24, 2.45) is 0 Å². The summed E-state index contributed by atoms with van der Waals surface area (Å²) in [5.74, 6) is -0.00346. The van der Waals surface area contributed by atoms with Crippen molar-refractivity contribution in [3.63, 3.8) is 0 Å². The zero-order chi connectivity index (χ0) is 15.0. The minimum absolute atomic E-state index is 0.00346. The summed E-state index contributed by atoms with van der Waals surface area (Å²) in [4.78, 5) is 17.9. The number of benzene rings is 1. The summed E-state index contributed by atoms with van der Waals surface area (Å²) in [6, 6.07) is 9.40. The van der Waals surface area contributed by atoms with Gasteiger partial charge in [-0.2, -0.15) is 5.10 Å². The quantitative estimate of drug-likeness (QED) is 0.724. The number of rotatable bonds is 2. The van der Waals surface area contributed by atoms with Crippen molar-refractivity contribution in [3.05, 3.63) is 54.0 Å². The predicted octanol–water partition coefficient (Wildman–Crippen LogP) is 2.41. The number of amides is 1. The number of nitrogens with zero attached hydrogens (tertiary/aromatic N) is 4. The van der Waals surface area contributed by atoms with Crippen LogP contribution in [0.1, 0.15) is 16.1 Å². The van der Waals surface area contributed by atoms with Gasteiger partial charge in [0.1, 0.15) is 0 Å². The topological polar surface area (TPSA) is 50.5 Å². The summed E-state index contributed by atoms with van der Waals surface area (Å²) < 4.78 is 1.77. The van der Waals surface area contributed by atoms with Crippen LogP contribution in [0.25, 0.3) is 16.8 Å². The molecule has 5 heteroatoms. The zero-order valence-corrected chi connectivity index (χ0v) is 12.2. The standard InChI is InChI=1S/C16H16N4O/c1-11-14(15-17-9-4-10-20(15)18-11)12-5-7-13(8-6-12)16(21)19(2)3/h4-10H,1-3H3. The molecule has 0 aliphatic heterocycles. The number of carbonyl (C=O) groups excluding carboxylic acids is 1. The van der Waals surface area contributed by atoms with Gasteiger partial charge in [-0.05, 0) is 30.7 Å². The molecule has 0 spiro atoms.